The zero-order valence-corrected chi connectivity index (χ0v) is 15.2. The molecule has 0 unspecified atom stereocenters. The topological polar surface area (TPSA) is 71.1 Å². The summed E-state index contributed by atoms with van der Waals surface area (Å²) in [5.74, 6) is -0.570. The molecule has 0 atom stereocenters. The van der Waals surface area contributed by atoms with Crippen molar-refractivity contribution in [3.05, 3.63) is 57.5 Å². The maximum atomic E-state index is 12.0. The van der Waals surface area contributed by atoms with E-state index in [1.54, 1.807) is 35.6 Å². The van der Waals surface area contributed by atoms with Crippen molar-refractivity contribution >= 4 is 55.0 Å². The Morgan fingerprint density at radius 1 is 1.21 bits per heavy atom. The van der Waals surface area contributed by atoms with E-state index in [9.17, 15) is 9.59 Å². The lowest BCUT2D eigenvalue weighted by molar-refractivity contribution is -0.115. The molecule has 2 amide bonds. The Hall–Kier alpha value is -2.25. The minimum absolute atomic E-state index is 0.0922. The predicted octanol–water partition coefficient (Wildman–Crippen LogP) is 3.74. The maximum Gasteiger partial charge on any atom is 0.251 e. The molecule has 0 aliphatic rings. The van der Waals surface area contributed by atoms with Crippen LogP contribution in [0.25, 0.3) is 10.2 Å². The van der Waals surface area contributed by atoms with Gasteiger partial charge in [-0.05, 0) is 43.3 Å². The smallest absolute Gasteiger partial charge is 0.251 e. The van der Waals surface area contributed by atoms with Gasteiger partial charge in [0, 0.05) is 15.7 Å². The third-order valence-corrected chi connectivity index (χ3v) is 4.70. The van der Waals surface area contributed by atoms with Crippen molar-refractivity contribution in [3.63, 3.8) is 0 Å². The predicted molar refractivity (Wildman–Crippen MR) is 99.5 cm³/mol. The van der Waals surface area contributed by atoms with E-state index in [0.29, 0.717) is 11.3 Å². The first-order valence-electron chi connectivity index (χ1n) is 7.22. The molecule has 2 N–H and O–H groups in total. The van der Waals surface area contributed by atoms with Crippen LogP contribution in [0.2, 0.25) is 0 Å². The van der Waals surface area contributed by atoms with Gasteiger partial charge < -0.3 is 10.6 Å². The molecule has 0 fully saturated rings. The quantitative estimate of drug-likeness (QED) is 0.696. The highest BCUT2D eigenvalue weighted by Crippen LogP contribution is 2.24. The van der Waals surface area contributed by atoms with Crippen molar-refractivity contribution in [2.24, 2.45) is 0 Å². The number of hydrogen-bond donors (Lipinski definition) is 2. The average molecular weight is 404 g/mol. The lowest BCUT2D eigenvalue weighted by Crippen LogP contribution is -2.32. The van der Waals surface area contributed by atoms with Gasteiger partial charge in [0.2, 0.25) is 5.91 Å². The molecule has 122 valence electrons. The Balaban J connectivity index is 1.59. The number of halogens is 1. The number of rotatable bonds is 4. The number of hydrogen-bond acceptors (Lipinski definition) is 4. The Morgan fingerprint density at radius 2 is 2.04 bits per heavy atom. The van der Waals surface area contributed by atoms with Crippen LogP contribution >= 0.6 is 27.3 Å². The molecule has 24 heavy (non-hydrogen) atoms. The SMILES string of the molecule is Cc1nc2ccc(NC(=O)CNC(=O)c3cccc(Br)c3)cc2s1. The van der Waals surface area contributed by atoms with Crippen LogP contribution in [-0.2, 0) is 4.79 Å². The molecule has 1 aromatic heterocycles. The number of benzene rings is 2. The van der Waals surface area contributed by atoms with Crippen LogP contribution in [0.5, 0.6) is 0 Å². The lowest BCUT2D eigenvalue weighted by Gasteiger charge is -2.07. The van der Waals surface area contributed by atoms with Crippen molar-refractivity contribution in [2.45, 2.75) is 6.92 Å². The number of aromatic nitrogens is 1. The molecule has 3 aromatic rings. The number of carbonyl (C=O) groups is 2. The highest BCUT2D eigenvalue weighted by Gasteiger charge is 2.09. The molecule has 1 heterocycles. The third-order valence-electron chi connectivity index (χ3n) is 3.28. The number of amides is 2. The van der Waals surface area contributed by atoms with E-state index < -0.39 is 0 Å². The molecule has 2 aromatic carbocycles. The Labute approximate surface area is 151 Å². The molecule has 0 spiro atoms. The molecule has 0 aliphatic carbocycles. The van der Waals surface area contributed by atoms with E-state index in [0.717, 1.165) is 19.7 Å². The van der Waals surface area contributed by atoms with Crippen molar-refractivity contribution in [1.29, 1.82) is 0 Å². The molecule has 3 rings (SSSR count). The summed E-state index contributed by atoms with van der Waals surface area (Å²) in [7, 11) is 0. The normalized spacial score (nSPS) is 10.6. The number of aryl methyl sites for hydroxylation is 1. The fourth-order valence-electron chi connectivity index (χ4n) is 2.22. The molecule has 0 bridgehead atoms. The number of nitrogens with one attached hydrogen (secondary N) is 2. The van der Waals surface area contributed by atoms with Gasteiger partial charge in [-0.25, -0.2) is 4.98 Å². The van der Waals surface area contributed by atoms with Crippen LogP contribution < -0.4 is 10.6 Å². The van der Waals surface area contributed by atoms with Gasteiger partial charge in [-0.2, -0.15) is 0 Å². The summed E-state index contributed by atoms with van der Waals surface area (Å²) in [6.45, 7) is 1.85. The third kappa shape index (κ3) is 3.98. The van der Waals surface area contributed by atoms with Crippen LogP contribution in [0.1, 0.15) is 15.4 Å². The molecule has 5 nitrogen and oxygen atoms in total. The second kappa shape index (κ2) is 7.11. The molecule has 0 saturated carbocycles. The number of carbonyl (C=O) groups excluding carboxylic acids is 2. The molecule has 0 radical (unpaired) electrons. The zero-order chi connectivity index (χ0) is 17.1. The van der Waals surface area contributed by atoms with E-state index in [2.05, 4.69) is 31.5 Å². The maximum absolute atomic E-state index is 12.0. The first-order chi connectivity index (χ1) is 11.5. The van der Waals surface area contributed by atoms with Gasteiger partial charge in [0.25, 0.3) is 5.91 Å². The van der Waals surface area contributed by atoms with Gasteiger partial charge in [-0.15, -0.1) is 11.3 Å². The summed E-state index contributed by atoms with van der Waals surface area (Å²) in [5, 5.41) is 6.36. The van der Waals surface area contributed by atoms with Crippen molar-refractivity contribution in [3.8, 4) is 0 Å². The summed E-state index contributed by atoms with van der Waals surface area (Å²) in [6.07, 6.45) is 0. The van der Waals surface area contributed by atoms with Gasteiger partial charge in [0.15, 0.2) is 0 Å². The van der Waals surface area contributed by atoms with E-state index in [1.165, 1.54) is 0 Å². The molecule has 7 heteroatoms. The summed E-state index contributed by atoms with van der Waals surface area (Å²) in [4.78, 5) is 28.4. The second-order valence-electron chi connectivity index (χ2n) is 5.16. The van der Waals surface area contributed by atoms with Crippen LogP contribution in [0.3, 0.4) is 0 Å². The lowest BCUT2D eigenvalue weighted by atomic mass is 10.2. The summed E-state index contributed by atoms with van der Waals surface area (Å²) in [5.41, 5.74) is 2.10. The van der Waals surface area contributed by atoms with Crippen molar-refractivity contribution in [2.75, 3.05) is 11.9 Å². The minimum Gasteiger partial charge on any atom is -0.343 e. The van der Waals surface area contributed by atoms with Crippen LogP contribution in [0.15, 0.2) is 46.9 Å². The van der Waals surface area contributed by atoms with E-state index in [1.807, 2.05) is 25.1 Å². The fourth-order valence-corrected chi connectivity index (χ4v) is 3.48. The van der Waals surface area contributed by atoms with Gasteiger partial charge in [0.05, 0.1) is 21.8 Å². The Morgan fingerprint density at radius 3 is 2.83 bits per heavy atom. The first kappa shape index (κ1) is 16.6. The first-order valence-corrected chi connectivity index (χ1v) is 8.83. The average Bonchev–Trinajstić information content (AvgIpc) is 2.92. The van der Waals surface area contributed by atoms with Crippen molar-refractivity contribution < 1.29 is 9.59 Å². The van der Waals surface area contributed by atoms with Crippen LogP contribution in [0, 0.1) is 6.92 Å². The van der Waals surface area contributed by atoms with Crippen LogP contribution in [0.4, 0.5) is 5.69 Å². The zero-order valence-electron chi connectivity index (χ0n) is 12.8. The van der Waals surface area contributed by atoms with Crippen LogP contribution in [-0.4, -0.2) is 23.3 Å². The highest BCUT2D eigenvalue weighted by molar-refractivity contribution is 9.10. The molecular formula is C17H14BrN3O2S. The van der Waals surface area contributed by atoms with Crippen molar-refractivity contribution in [1.82, 2.24) is 10.3 Å². The largest absolute Gasteiger partial charge is 0.343 e. The highest BCUT2D eigenvalue weighted by atomic mass is 79.9. The number of nitrogens with zero attached hydrogens (tertiary/aromatic N) is 1. The Kier molecular flexibility index (Phi) is 4.92. The van der Waals surface area contributed by atoms with E-state index in [4.69, 9.17) is 0 Å². The Bertz CT molecular complexity index is 923. The summed E-state index contributed by atoms with van der Waals surface area (Å²) < 4.78 is 1.83. The fraction of sp³-hybridized carbons (Fsp3) is 0.118. The monoisotopic (exact) mass is 403 g/mol. The van der Waals surface area contributed by atoms with Gasteiger partial charge in [-0.3, -0.25) is 9.59 Å². The van der Waals surface area contributed by atoms with E-state index >= 15 is 0 Å². The van der Waals surface area contributed by atoms with Gasteiger partial charge in [-0.1, -0.05) is 22.0 Å². The standard InChI is InChI=1S/C17H14BrN3O2S/c1-10-20-14-6-5-13(8-15(14)24-10)21-16(22)9-19-17(23)11-3-2-4-12(18)7-11/h2-8H,9H2,1H3,(H,19,23)(H,21,22). The van der Waals surface area contributed by atoms with E-state index in [-0.39, 0.29) is 18.4 Å². The summed E-state index contributed by atoms with van der Waals surface area (Å²) >= 11 is 4.89. The van der Waals surface area contributed by atoms with Gasteiger partial charge in [0.1, 0.15) is 0 Å². The molecule has 0 aliphatic heterocycles. The molecule has 0 saturated heterocycles. The minimum atomic E-state index is -0.292. The molecular weight excluding hydrogens is 390 g/mol. The van der Waals surface area contributed by atoms with Gasteiger partial charge >= 0.3 is 0 Å². The number of thiazole rings is 1. The summed E-state index contributed by atoms with van der Waals surface area (Å²) in [6, 6.07) is 12.6. The number of anilines is 1. The number of fused-ring (bicyclic) bond motifs is 1. The second-order valence-corrected chi connectivity index (χ2v) is 7.31.